The lowest BCUT2D eigenvalue weighted by Gasteiger charge is -2.36. The first-order valence-corrected chi connectivity index (χ1v) is 11.8. The van der Waals surface area contributed by atoms with Crippen LogP contribution in [0, 0.1) is 5.82 Å². The van der Waals surface area contributed by atoms with Gasteiger partial charge in [-0.05, 0) is 61.2 Å². The van der Waals surface area contributed by atoms with Crippen molar-refractivity contribution < 1.29 is 18.7 Å². The van der Waals surface area contributed by atoms with Crippen LogP contribution in [0.3, 0.4) is 0 Å². The number of anilines is 1. The van der Waals surface area contributed by atoms with E-state index in [0.717, 1.165) is 88.4 Å². The van der Waals surface area contributed by atoms with Crippen molar-refractivity contribution in [2.45, 2.75) is 43.9 Å². The van der Waals surface area contributed by atoms with Crippen molar-refractivity contribution in [1.29, 1.82) is 0 Å². The number of nitrogens with one attached hydrogen (secondary N) is 1. The number of hydrogen-bond donors (Lipinski definition) is 1. The van der Waals surface area contributed by atoms with Crippen LogP contribution in [0.4, 0.5) is 10.1 Å². The van der Waals surface area contributed by atoms with E-state index in [1.165, 1.54) is 12.1 Å². The third-order valence-electron chi connectivity index (χ3n) is 6.64. The van der Waals surface area contributed by atoms with Gasteiger partial charge < -0.3 is 14.8 Å². The van der Waals surface area contributed by atoms with Gasteiger partial charge in [0.15, 0.2) is 0 Å². The summed E-state index contributed by atoms with van der Waals surface area (Å²) in [6, 6.07) is 14.0. The Labute approximate surface area is 189 Å². The molecule has 0 bridgehead atoms. The summed E-state index contributed by atoms with van der Waals surface area (Å²) in [7, 11) is 0. The summed E-state index contributed by atoms with van der Waals surface area (Å²) >= 11 is 0. The number of morpholine rings is 1. The molecule has 2 aliphatic rings. The molecule has 32 heavy (non-hydrogen) atoms. The van der Waals surface area contributed by atoms with Gasteiger partial charge in [-0.15, -0.1) is 0 Å². The molecule has 172 valence electrons. The molecule has 1 aliphatic heterocycles. The van der Waals surface area contributed by atoms with E-state index in [1.807, 2.05) is 24.3 Å². The summed E-state index contributed by atoms with van der Waals surface area (Å²) < 4.78 is 24.7. The maximum absolute atomic E-state index is 13.5. The second kappa shape index (κ2) is 10.9. The summed E-state index contributed by atoms with van der Waals surface area (Å²) in [5, 5.41) is 3.10. The Hall–Kier alpha value is -2.44. The molecule has 1 N–H and O–H groups in total. The number of carbonyl (C=O) groups is 1. The Balaban J connectivity index is 1.32. The first-order chi connectivity index (χ1) is 15.7. The first-order valence-electron chi connectivity index (χ1n) is 11.8. The molecule has 6 heteroatoms. The first kappa shape index (κ1) is 22.7. The molecule has 1 saturated heterocycles. The van der Waals surface area contributed by atoms with Crippen LogP contribution in [0.1, 0.15) is 44.1 Å². The number of carbonyl (C=O) groups excluding carboxylic acids is 1. The molecule has 2 fully saturated rings. The summed E-state index contributed by atoms with van der Waals surface area (Å²) in [6.45, 7) is 5.30. The van der Waals surface area contributed by atoms with E-state index in [-0.39, 0.29) is 11.7 Å². The van der Waals surface area contributed by atoms with E-state index in [2.05, 4.69) is 10.2 Å². The summed E-state index contributed by atoms with van der Waals surface area (Å²) in [6.07, 6.45) is 5.68. The van der Waals surface area contributed by atoms with E-state index in [0.29, 0.717) is 6.61 Å². The van der Waals surface area contributed by atoms with Crippen LogP contribution in [0.15, 0.2) is 48.5 Å². The number of ether oxygens (including phenoxy) is 2. The van der Waals surface area contributed by atoms with Crippen LogP contribution in [-0.2, 0) is 14.9 Å². The number of nitrogens with zero attached hydrogens (tertiary/aromatic N) is 1. The van der Waals surface area contributed by atoms with Crippen LogP contribution >= 0.6 is 0 Å². The van der Waals surface area contributed by atoms with E-state index >= 15 is 0 Å². The summed E-state index contributed by atoms with van der Waals surface area (Å²) in [5.41, 5.74) is 1.06. The number of benzene rings is 2. The maximum atomic E-state index is 13.5. The number of hydrogen-bond acceptors (Lipinski definition) is 4. The van der Waals surface area contributed by atoms with Crippen LogP contribution < -0.4 is 10.1 Å². The van der Waals surface area contributed by atoms with Gasteiger partial charge in [0.25, 0.3) is 0 Å². The topological polar surface area (TPSA) is 50.8 Å². The second-order valence-electron chi connectivity index (χ2n) is 8.78. The van der Waals surface area contributed by atoms with Gasteiger partial charge in [-0.2, -0.15) is 0 Å². The average Bonchev–Trinajstić information content (AvgIpc) is 2.84. The Morgan fingerprint density at radius 1 is 1.00 bits per heavy atom. The fraction of sp³-hybridized carbons (Fsp3) is 0.500. The lowest BCUT2D eigenvalue weighted by Crippen LogP contribution is -2.42. The lowest BCUT2D eigenvalue weighted by molar-refractivity contribution is -0.122. The van der Waals surface area contributed by atoms with Gasteiger partial charge in [0.2, 0.25) is 5.91 Å². The Morgan fingerprint density at radius 3 is 2.38 bits per heavy atom. The Morgan fingerprint density at radius 2 is 1.69 bits per heavy atom. The SMILES string of the molecule is O=C(Nc1ccc(OCCCN2CCOCC2)cc1)C1(c2ccc(F)cc2)CCCCC1. The van der Waals surface area contributed by atoms with Crippen molar-refractivity contribution in [3.63, 3.8) is 0 Å². The van der Waals surface area contributed by atoms with Crippen LogP contribution in [0.2, 0.25) is 0 Å². The molecule has 0 unspecified atom stereocenters. The second-order valence-corrected chi connectivity index (χ2v) is 8.78. The minimum Gasteiger partial charge on any atom is -0.494 e. The monoisotopic (exact) mass is 440 g/mol. The van der Waals surface area contributed by atoms with Gasteiger partial charge in [-0.1, -0.05) is 31.4 Å². The van der Waals surface area contributed by atoms with Gasteiger partial charge in [0, 0.05) is 25.3 Å². The standard InChI is InChI=1S/C26H33FN2O3/c27-22-7-5-21(6-8-22)26(13-2-1-3-14-26)25(30)28-23-9-11-24(12-10-23)32-18-4-15-29-16-19-31-20-17-29/h5-12H,1-4,13-20H2,(H,28,30). The van der Waals surface area contributed by atoms with Crippen molar-refractivity contribution >= 4 is 11.6 Å². The number of rotatable bonds is 8. The predicted octanol–water partition coefficient (Wildman–Crippen LogP) is 4.77. The minimum absolute atomic E-state index is 0.0111. The van der Waals surface area contributed by atoms with Crippen molar-refractivity contribution in [2.24, 2.45) is 0 Å². The maximum Gasteiger partial charge on any atom is 0.235 e. The predicted molar refractivity (Wildman–Crippen MR) is 124 cm³/mol. The van der Waals surface area contributed by atoms with E-state index in [4.69, 9.17) is 9.47 Å². The Bertz CT molecular complexity index is 858. The fourth-order valence-electron chi connectivity index (χ4n) is 4.76. The molecule has 5 nitrogen and oxygen atoms in total. The van der Waals surface area contributed by atoms with Gasteiger partial charge in [0.05, 0.1) is 25.2 Å². The molecule has 1 amide bonds. The lowest BCUT2D eigenvalue weighted by atomic mass is 9.68. The van der Waals surface area contributed by atoms with Crippen LogP contribution in [-0.4, -0.2) is 50.3 Å². The number of amides is 1. The Kier molecular flexibility index (Phi) is 7.76. The normalized spacial score (nSPS) is 18.8. The minimum atomic E-state index is -0.597. The highest BCUT2D eigenvalue weighted by atomic mass is 19.1. The zero-order chi connectivity index (χ0) is 22.2. The fourth-order valence-corrected chi connectivity index (χ4v) is 4.76. The molecule has 1 aliphatic carbocycles. The molecule has 0 spiro atoms. The molecule has 1 saturated carbocycles. The van der Waals surface area contributed by atoms with Crippen molar-refractivity contribution in [1.82, 2.24) is 4.90 Å². The van der Waals surface area contributed by atoms with E-state index in [9.17, 15) is 9.18 Å². The third-order valence-corrected chi connectivity index (χ3v) is 6.64. The van der Waals surface area contributed by atoms with Gasteiger partial charge >= 0.3 is 0 Å². The molecular weight excluding hydrogens is 407 g/mol. The summed E-state index contributed by atoms with van der Waals surface area (Å²) in [5.74, 6) is 0.513. The molecule has 2 aromatic rings. The third kappa shape index (κ3) is 5.67. The van der Waals surface area contributed by atoms with Gasteiger partial charge in [-0.3, -0.25) is 9.69 Å². The van der Waals surface area contributed by atoms with Gasteiger partial charge in [0.1, 0.15) is 11.6 Å². The van der Waals surface area contributed by atoms with Crippen molar-refractivity contribution in [3.05, 3.63) is 59.9 Å². The zero-order valence-corrected chi connectivity index (χ0v) is 18.7. The molecular formula is C26H33FN2O3. The van der Waals surface area contributed by atoms with Crippen LogP contribution in [0.5, 0.6) is 5.75 Å². The highest BCUT2D eigenvalue weighted by molar-refractivity contribution is 5.99. The van der Waals surface area contributed by atoms with E-state index < -0.39 is 5.41 Å². The van der Waals surface area contributed by atoms with Crippen molar-refractivity contribution in [2.75, 3.05) is 44.8 Å². The largest absolute Gasteiger partial charge is 0.494 e. The zero-order valence-electron chi connectivity index (χ0n) is 18.7. The van der Waals surface area contributed by atoms with Crippen molar-refractivity contribution in [3.8, 4) is 5.75 Å². The van der Waals surface area contributed by atoms with Crippen LogP contribution in [0.25, 0.3) is 0 Å². The number of halogens is 1. The summed E-state index contributed by atoms with van der Waals surface area (Å²) in [4.78, 5) is 15.8. The molecule has 2 aromatic carbocycles. The molecule has 0 atom stereocenters. The van der Waals surface area contributed by atoms with Gasteiger partial charge in [-0.25, -0.2) is 4.39 Å². The molecule has 0 radical (unpaired) electrons. The molecule has 4 rings (SSSR count). The average molecular weight is 441 g/mol. The molecule has 1 heterocycles. The molecule has 0 aromatic heterocycles. The highest BCUT2D eigenvalue weighted by Crippen LogP contribution is 2.40. The quantitative estimate of drug-likeness (QED) is 0.601. The smallest absolute Gasteiger partial charge is 0.235 e. The van der Waals surface area contributed by atoms with E-state index in [1.54, 1.807) is 12.1 Å². The highest BCUT2D eigenvalue weighted by Gasteiger charge is 2.41.